The van der Waals surface area contributed by atoms with Crippen LogP contribution in [0.25, 0.3) is 0 Å². The molecule has 2 nitrogen and oxygen atoms in total. The highest BCUT2D eigenvalue weighted by molar-refractivity contribution is 9.09. The molecule has 0 fully saturated rings. The molecule has 0 bridgehead atoms. The van der Waals surface area contributed by atoms with Gasteiger partial charge in [0.25, 0.3) is 0 Å². The molecule has 37 heavy (non-hydrogen) atoms. The van der Waals surface area contributed by atoms with E-state index in [0.717, 1.165) is 50.1 Å². The summed E-state index contributed by atoms with van der Waals surface area (Å²) in [5, 5.41) is 11.0. The minimum atomic E-state index is -0.203. The molecule has 4 aromatic carbocycles. The van der Waals surface area contributed by atoms with Crippen molar-refractivity contribution >= 4 is 22.2 Å². The first kappa shape index (κ1) is 30.2. The zero-order valence-corrected chi connectivity index (χ0v) is 23.2. The van der Waals surface area contributed by atoms with Crippen LogP contribution in [-0.4, -0.2) is 22.8 Å². The molecule has 0 radical (unpaired) electrons. The highest BCUT2D eigenvalue weighted by Gasteiger charge is 2.05. The Morgan fingerprint density at radius 1 is 0.541 bits per heavy atom. The van der Waals surface area contributed by atoms with Crippen molar-refractivity contribution in [2.24, 2.45) is 0 Å². The van der Waals surface area contributed by atoms with E-state index in [0.29, 0.717) is 6.42 Å². The molecule has 0 aromatic heterocycles. The fraction of sp³-hybridized carbons (Fsp3) is 0.265. The van der Waals surface area contributed by atoms with Gasteiger partial charge in [0.2, 0.25) is 0 Å². The van der Waals surface area contributed by atoms with Crippen molar-refractivity contribution in [3.63, 3.8) is 0 Å². The lowest BCUT2D eigenvalue weighted by atomic mass is 10.0. The van der Waals surface area contributed by atoms with Gasteiger partial charge in [0.1, 0.15) is 6.29 Å². The van der Waals surface area contributed by atoms with E-state index in [4.69, 9.17) is 0 Å². The van der Waals surface area contributed by atoms with Crippen LogP contribution in [0.4, 0.5) is 0 Å². The largest absolute Gasteiger partial charge is 0.393 e. The highest BCUT2D eigenvalue weighted by Crippen LogP contribution is 2.10. The Bertz CT molecular complexity index is 1010. The zero-order chi connectivity index (χ0) is 26.4. The van der Waals surface area contributed by atoms with Crippen molar-refractivity contribution in [2.75, 3.05) is 5.33 Å². The third-order valence-corrected chi connectivity index (χ3v) is 6.23. The van der Waals surface area contributed by atoms with Crippen molar-refractivity contribution in [1.82, 2.24) is 0 Å². The predicted molar refractivity (Wildman–Crippen MR) is 160 cm³/mol. The molecule has 0 aliphatic rings. The molecule has 194 valence electrons. The normalized spacial score (nSPS) is 10.0. The molecule has 0 heterocycles. The average molecular weight is 560 g/mol. The van der Waals surface area contributed by atoms with Gasteiger partial charge in [0, 0.05) is 11.8 Å². The Morgan fingerprint density at radius 2 is 0.865 bits per heavy atom. The first-order chi connectivity index (χ1) is 18.2. The lowest BCUT2D eigenvalue weighted by Gasteiger charge is -2.10. The molecule has 1 N–H and O–H groups in total. The number of alkyl halides is 1. The van der Waals surface area contributed by atoms with E-state index in [2.05, 4.69) is 64.5 Å². The molecular formula is C34H39BrO2. The van der Waals surface area contributed by atoms with Gasteiger partial charge >= 0.3 is 0 Å². The van der Waals surface area contributed by atoms with E-state index in [1.54, 1.807) is 0 Å². The van der Waals surface area contributed by atoms with Crippen LogP contribution in [0.2, 0.25) is 0 Å². The Kier molecular flexibility index (Phi) is 16.4. The summed E-state index contributed by atoms with van der Waals surface area (Å²) in [6.07, 6.45) is 6.97. The Balaban J connectivity index is 0.000000214. The summed E-state index contributed by atoms with van der Waals surface area (Å²) >= 11 is 3.39. The number of carbonyl (C=O) groups is 1. The number of aliphatic hydroxyl groups excluding tert-OH is 1. The summed E-state index contributed by atoms with van der Waals surface area (Å²) < 4.78 is 0. The monoisotopic (exact) mass is 558 g/mol. The maximum absolute atomic E-state index is 9.98. The van der Waals surface area contributed by atoms with E-state index < -0.39 is 0 Å². The second-order valence-corrected chi connectivity index (χ2v) is 9.61. The van der Waals surface area contributed by atoms with Gasteiger partial charge in [-0.25, -0.2) is 0 Å². The molecule has 0 spiro atoms. The summed E-state index contributed by atoms with van der Waals surface area (Å²) in [5.41, 5.74) is 5.23. The molecule has 0 saturated carbocycles. The maximum atomic E-state index is 9.98. The van der Waals surface area contributed by atoms with Crippen LogP contribution < -0.4 is 0 Å². The van der Waals surface area contributed by atoms with Crippen molar-refractivity contribution in [1.29, 1.82) is 0 Å². The Labute approximate surface area is 231 Å². The Hall–Kier alpha value is -3.01. The van der Waals surface area contributed by atoms with Crippen LogP contribution in [0, 0.1) is 0 Å². The summed E-state index contributed by atoms with van der Waals surface area (Å²) in [7, 11) is 0. The number of halogens is 1. The molecule has 0 unspecified atom stereocenters. The maximum Gasteiger partial charge on any atom is 0.120 e. The van der Waals surface area contributed by atoms with Crippen LogP contribution in [0.5, 0.6) is 0 Å². The van der Waals surface area contributed by atoms with Gasteiger partial charge in [0.15, 0.2) is 0 Å². The average Bonchev–Trinajstić information content (AvgIpc) is 2.97. The SMILES string of the molecule is BrCCc1ccccc1.O=CCCc1ccccc1.OC(CCc1ccccc1)CCc1ccccc1. The molecule has 0 amide bonds. The van der Waals surface area contributed by atoms with Gasteiger partial charge < -0.3 is 9.90 Å². The Morgan fingerprint density at radius 3 is 1.19 bits per heavy atom. The van der Waals surface area contributed by atoms with Crippen molar-refractivity contribution in [2.45, 2.75) is 51.0 Å². The van der Waals surface area contributed by atoms with Gasteiger partial charge in [-0.1, -0.05) is 137 Å². The smallest absolute Gasteiger partial charge is 0.120 e. The van der Waals surface area contributed by atoms with E-state index in [9.17, 15) is 9.90 Å². The number of aldehydes is 1. The number of hydrogen-bond acceptors (Lipinski definition) is 2. The molecule has 3 heteroatoms. The second kappa shape index (κ2) is 20.1. The third-order valence-electron chi connectivity index (χ3n) is 5.84. The quantitative estimate of drug-likeness (QED) is 0.149. The van der Waals surface area contributed by atoms with Crippen molar-refractivity contribution in [3.05, 3.63) is 144 Å². The number of carbonyl (C=O) groups excluding carboxylic acids is 1. The second-order valence-electron chi connectivity index (χ2n) is 8.82. The topological polar surface area (TPSA) is 37.3 Å². The van der Waals surface area contributed by atoms with Crippen LogP contribution in [-0.2, 0) is 30.5 Å². The van der Waals surface area contributed by atoms with Gasteiger partial charge in [-0.3, -0.25) is 0 Å². The number of aliphatic hydroxyl groups is 1. The lowest BCUT2D eigenvalue weighted by Crippen LogP contribution is -2.09. The van der Waals surface area contributed by atoms with E-state index >= 15 is 0 Å². The molecule has 0 aliphatic heterocycles. The lowest BCUT2D eigenvalue weighted by molar-refractivity contribution is -0.107. The molecule has 4 aromatic rings. The summed E-state index contributed by atoms with van der Waals surface area (Å²) in [5.74, 6) is 0. The first-order valence-corrected chi connectivity index (χ1v) is 14.2. The zero-order valence-electron chi connectivity index (χ0n) is 21.6. The van der Waals surface area contributed by atoms with Crippen molar-refractivity contribution < 1.29 is 9.90 Å². The van der Waals surface area contributed by atoms with Gasteiger partial charge in [-0.2, -0.15) is 0 Å². The number of rotatable bonds is 11. The summed E-state index contributed by atoms with van der Waals surface area (Å²) in [6, 6.07) is 41.2. The molecule has 0 saturated heterocycles. The van der Waals surface area contributed by atoms with Crippen LogP contribution >= 0.6 is 15.9 Å². The number of hydrogen-bond donors (Lipinski definition) is 1. The van der Waals surface area contributed by atoms with Crippen LogP contribution in [0.1, 0.15) is 41.5 Å². The molecule has 4 rings (SSSR count). The van der Waals surface area contributed by atoms with Gasteiger partial charge in [-0.15, -0.1) is 0 Å². The predicted octanol–water partition coefficient (Wildman–Crippen LogP) is 8.06. The number of aryl methyl sites for hydroxylation is 4. The van der Waals surface area contributed by atoms with Crippen LogP contribution in [0.3, 0.4) is 0 Å². The fourth-order valence-electron chi connectivity index (χ4n) is 3.72. The van der Waals surface area contributed by atoms with E-state index in [-0.39, 0.29) is 6.10 Å². The fourth-order valence-corrected chi connectivity index (χ4v) is 4.18. The standard InChI is InChI=1S/C17H20O.C9H10O.C8H9Br/c18-17(13-11-15-7-3-1-4-8-15)14-12-16-9-5-2-6-10-16;10-8-4-7-9-5-2-1-3-6-9;9-7-6-8-4-2-1-3-5-8/h1-10,17-18H,11-14H2;1-3,5-6,8H,4,7H2;1-5H,6-7H2. The molecular weight excluding hydrogens is 520 g/mol. The summed E-state index contributed by atoms with van der Waals surface area (Å²) in [6.45, 7) is 0. The first-order valence-electron chi connectivity index (χ1n) is 13.0. The minimum Gasteiger partial charge on any atom is -0.393 e. The molecule has 0 atom stereocenters. The van der Waals surface area contributed by atoms with Gasteiger partial charge in [0.05, 0.1) is 6.10 Å². The highest BCUT2D eigenvalue weighted by atomic mass is 79.9. The van der Waals surface area contributed by atoms with Crippen LogP contribution in [0.15, 0.2) is 121 Å². The summed E-state index contributed by atoms with van der Waals surface area (Å²) in [4.78, 5) is 9.98. The third kappa shape index (κ3) is 15.0. The van der Waals surface area contributed by atoms with E-state index in [1.165, 1.54) is 22.3 Å². The van der Waals surface area contributed by atoms with Crippen molar-refractivity contribution in [3.8, 4) is 0 Å². The minimum absolute atomic E-state index is 0.203. The number of benzene rings is 4. The van der Waals surface area contributed by atoms with Gasteiger partial charge in [-0.05, 0) is 60.8 Å². The molecule has 0 aliphatic carbocycles. The van der Waals surface area contributed by atoms with E-state index in [1.807, 2.05) is 72.8 Å².